The number of nitrogens with one attached hydrogen (secondary N) is 1. The fraction of sp³-hybridized carbons (Fsp3) is 0.438. The van der Waals surface area contributed by atoms with E-state index in [4.69, 9.17) is 11.6 Å². The lowest BCUT2D eigenvalue weighted by molar-refractivity contribution is 0.198. The van der Waals surface area contributed by atoms with E-state index in [0.29, 0.717) is 11.2 Å². The molecule has 0 amide bonds. The normalized spacial score (nSPS) is 17.1. The predicted molar refractivity (Wildman–Crippen MR) is 93.0 cm³/mol. The van der Waals surface area contributed by atoms with E-state index in [-0.39, 0.29) is 0 Å². The van der Waals surface area contributed by atoms with Crippen molar-refractivity contribution < 1.29 is 0 Å². The van der Waals surface area contributed by atoms with Crippen LogP contribution in [0.15, 0.2) is 30.9 Å². The summed E-state index contributed by atoms with van der Waals surface area (Å²) in [4.78, 5) is 17.4. The molecule has 1 aliphatic rings. The molecular weight excluding hydrogens is 312 g/mol. The number of halogens is 1. The highest BCUT2D eigenvalue weighted by Crippen LogP contribution is 2.30. The van der Waals surface area contributed by atoms with Crippen LogP contribution in [0.5, 0.6) is 0 Å². The van der Waals surface area contributed by atoms with Crippen LogP contribution in [0.25, 0.3) is 0 Å². The van der Waals surface area contributed by atoms with Crippen LogP contribution >= 0.6 is 11.6 Å². The standard InChI is InChI=1S/C16H21ClN6/c1-12(13-4-3-5-19-10-13)22-6-8-23(9-7-22)16-14(18-2)15(17)20-11-21-16/h3-5,10-12,18H,6-9H2,1-2H3. The lowest BCUT2D eigenvalue weighted by Gasteiger charge is -2.39. The van der Waals surface area contributed by atoms with Gasteiger partial charge in [-0.3, -0.25) is 9.88 Å². The number of piperazine rings is 1. The molecule has 2 aromatic heterocycles. The van der Waals surface area contributed by atoms with Crippen LogP contribution in [-0.4, -0.2) is 53.1 Å². The number of anilines is 2. The molecule has 1 saturated heterocycles. The Morgan fingerprint density at radius 1 is 1.22 bits per heavy atom. The largest absolute Gasteiger partial charge is 0.383 e. The van der Waals surface area contributed by atoms with Gasteiger partial charge in [0.2, 0.25) is 0 Å². The quantitative estimate of drug-likeness (QED) is 0.868. The Kier molecular flexibility index (Phi) is 4.93. The number of pyridine rings is 1. The molecule has 1 unspecified atom stereocenters. The van der Waals surface area contributed by atoms with Crippen LogP contribution in [-0.2, 0) is 0 Å². The van der Waals surface area contributed by atoms with Crippen LogP contribution in [0.4, 0.5) is 11.5 Å². The number of rotatable bonds is 4. The SMILES string of the molecule is CNc1c(Cl)ncnc1N1CCN(C(C)c2cccnc2)CC1. The summed E-state index contributed by atoms with van der Waals surface area (Å²) >= 11 is 6.15. The van der Waals surface area contributed by atoms with E-state index in [9.17, 15) is 0 Å². The summed E-state index contributed by atoms with van der Waals surface area (Å²) in [5.41, 5.74) is 2.05. The number of hydrogen-bond donors (Lipinski definition) is 1. The summed E-state index contributed by atoms with van der Waals surface area (Å²) in [6, 6.07) is 4.49. The molecule has 3 heterocycles. The maximum Gasteiger partial charge on any atom is 0.157 e. The van der Waals surface area contributed by atoms with Crippen LogP contribution in [0, 0.1) is 0 Å². The first-order valence-corrected chi connectivity index (χ1v) is 8.15. The number of nitrogens with zero attached hydrogens (tertiary/aromatic N) is 5. The summed E-state index contributed by atoms with van der Waals surface area (Å²) in [6.07, 6.45) is 5.27. The molecule has 7 heteroatoms. The van der Waals surface area contributed by atoms with Crippen LogP contribution < -0.4 is 10.2 Å². The minimum Gasteiger partial charge on any atom is -0.383 e. The van der Waals surface area contributed by atoms with Crippen molar-refractivity contribution in [1.82, 2.24) is 19.9 Å². The molecule has 1 atom stereocenters. The van der Waals surface area contributed by atoms with E-state index in [1.807, 2.05) is 25.5 Å². The Morgan fingerprint density at radius 2 is 2.00 bits per heavy atom. The monoisotopic (exact) mass is 332 g/mol. The van der Waals surface area contributed by atoms with Crippen molar-refractivity contribution >= 4 is 23.1 Å². The number of aromatic nitrogens is 3. The Balaban J connectivity index is 1.68. The Labute approximate surface area is 141 Å². The van der Waals surface area contributed by atoms with E-state index >= 15 is 0 Å². The van der Waals surface area contributed by atoms with Gasteiger partial charge in [0, 0.05) is 51.7 Å². The molecule has 0 bridgehead atoms. The van der Waals surface area contributed by atoms with E-state index in [1.165, 1.54) is 11.9 Å². The first-order valence-electron chi connectivity index (χ1n) is 7.78. The summed E-state index contributed by atoms with van der Waals surface area (Å²) in [6.45, 7) is 5.99. The lowest BCUT2D eigenvalue weighted by atomic mass is 10.1. The maximum absolute atomic E-state index is 6.15. The van der Waals surface area contributed by atoms with E-state index < -0.39 is 0 Å². The summed E-state index contributed by atoms with van der Waals surface area (Å²) in [7, 11) is 1.84. The van der Waals surface area contributed by atoms with Gasteiger partial charge >= 0.3 is 0 Å². The first-order chi connectivity index (χ1) is 11.2. The number of hydrogen-bond acceptors (Lipinski definition) is 6. The fourth-order valence-corrected chi connectivity index (χ4v) is 3.19. The molecular formula is C16H21ClN6. The summed E-state index contributed by atoms with van der Waals surface area (Å²) in [5, 5.41) is 3.56. The van der Waals surface area contributed by atoms with E-state index in [0.717, 1.165) is 37.7 Å². The Bertz CT molecular complexity index is 642. The minimum absolute atomic E-state index is 0.364. The van der Waals surface area contributed by atoms with Gasteiger partial charge in [0.1, 0.15) is 12.0 Å². The van der Waals surface area contributed by atoms with Crippen LogP contribution in [0.2, 0.25) is 5.15 Å². The van der Waals surface area contributed by atoms with Crippen LogP contribution in [0.1, 0.15) is 18.5 Å². The van der Waals surface area contributed by atoms with Gasteiger partial charge in [-0.2, -0.15) is 0 Å². The summed E-state index contributed by atoms with van der Waals surface area (Å²) in [5.74, 6) is 0.876. The molecule has 0 saturated carbocycles. The zero-order valence-electron chi connectivity index (χ0n) is 13.4. The molecule has 2 aromatic rings. The predicted octanol–water partition coefficient (Wildman–Crippen LogP) is 2.45. The molecule has 0 spiro atoms. The Hall–Kier alpha value is -1.92. The molecule has 6 nitrogen and oxygen atoms in total. The first kappa shape index (κ1) is 16.0. The second kappa shape index (κ2) is 7.10. The average Bonchev–Trinajstić information content (AvgIpc) is 2.62. The van der Waals surface area contributed by atoms with Crippen molar-refractivity contribution in [3.63, 3.8) is 0 Å². The highest BCUT2D eigenvalue weighted by Gasteiger charge is 2.24. The highest BCUT2D eigenvalue weighted by atomic mass is 35.5. The van der Waals surface area contributed by atoms with Gasteiger partial charge in [-0.1, -0.05) is 17.7 Å². The summed E-state index contributed by atoms with van der Waals surface area (Å²) < 4.78 is 0. The van der Waals surface area contributed by atoms with E-state index in [2.05, 4.69) is 43.1 Å². The molecule has 1 aliphatic heterocycles. The van der Waals surface area contributed by atoms with Crippen molar-refractivity contribution in [3.05, 3.63) is 41.6 Å². The van der Waals surface area contributed by atoms with Gasteiger partial charge in [0.15, 0.2) is 11.0 Å². The molecule has 122 valence electrons. The van der Waals surface area contributed by atoms with Gasteiger partial charge in [-0.05, 0) is 18.6 Å². The smallest absolute Gasteiger partial charge is 0.157 e. The molecule has 0 aromatic carbocycles. The molecule has 1 N–H and O–H groups in total. The second-order valence-electron chi connectivity index (χ2n) is 5.60. The topological polar surface area (TPSA) is 57.2 Å². The lowest BCUT2D eigenvalue weighted by Crippen LogP contribution is -2.47. The van der Waals surface area contributed by atoms with Gasteiger partial charge < -0.3 is 10.2 Å². The zero-order chi connectivity index (χ0) is 16.2. The third-order valence-electron chi connectivity index (χ3n) is 4.36. The molecule has 0 radical (unpaired) electrons. The molecule has 3 rings (SSSR count). The molecule has 0 aliphatic carbocycles. The average molecular weight is 333 g/mol. The molecule has 1 fully saturated rings. The van der Waals surface area contributed by atoms with E-state index in [1.54, 1.807) is 0 Å². The van der Waals surface area contributed by atoms with Crippen molar-refractivity contribution in [2.75, 3.05) is 43.4 Å². The molecule has 23 heavy (non-hydrogen) atoms. The Morgan fingerprint density at radius 3 is 2.65 bits per heavy atom. The van der Waals surface area contributed by atoms with Gasteiger partial charge in [0.05, 0.1) is 0 Å². The van der Waals surface area contributed by atoms with Crippen molar-refractivity contribution in [2.45, 2.75) is 13.0 Å². The van der Waals surface area contributed by atoms with Gasteiger partial charge in [0.25, 0.3) is 0 Å². The van der Waals surface area contributed by atoms with Crippen molar-refractivity contribution in [1.29, 1.82) is 0 Å². The highest BCUT2D eigenvalue weighted by molar-refractivity contribution is 6.32. The zero-order valence-corrected chi connectivity index (χ0v) is 14.2. The van der Waals surface area contributed by atoms with Crippen LogP contribution in [0.3, 0.4) is 0 Å². The fourth-order valence-electron chi connectivity index (χ4n) is 2.97. The third-order valence-corrected chi connectivity index (χ3v) is 4.65. The van der Waals surface area contributed by atoms with Gasteiger partial charge in [-0.25, -0.2) is 9.97 Å². The second-order valence-corrected chi connectivity index (χ2v) is 5.96. The third kappa shape index (κ3) is 3.38. The van der Waals surface area contributed by atoms with Gasteiger partial charge in [-0.15, -0.1) is 0 Å². The van der Waals surface area contributed by atoms with Crippen molar-refractivity contribution in [2.24, 2.45) is 0 Å². The van der Waals surface area contributed by atoms with Crippen molar-refractivity contribution in [3.8, 4) is 0 Å². The minimum atomic E-state index is 0.364. The maximum atomic E-state index is 6.15.